The highest BCUT2D eigenvalue weighted by atomic mass is 16.5. The lowest BCUT2D eigenvalue weighted by Gasteiger charge is -2.19. The highest BCUT2D eigenvalue weighted by molar-refractivity contribution is 5.25. The van der Waals surface area contributed by atoms with Crippen molar-refractivity contribution in [3.63, 3.8) is 0 Å². The number of nitrogens with zero attached hydrogens (tertiary/aromatic N) is 4. The van der Waals surface area contributed by atoms with E-state index in [9.17, 15) is 5.11 Å². The predicted molar refractivity (Wildman–Crippen MR) is 62.9 cm³/mol. The maximum Gasteiger partial charge on any atom is 0.225 e. The van der Waals surface area contributed by atoms with Gasteiger partial charge in [-0.25, -0.2) is 0 Å². The molecule has 1 heterocycles. The summed E-state index contributed by atoms with van der Waals surface area (Å²) in [6, 6.07) is 0. The zero-order valence-corrected chi connectivity index (χ0v) is 10.00. The number of rotatable bonds is 6. The topological polar surface area (TPSA) is 123 Å². The van der Waals surface area contributed by atoms with Crippen molar-refractivity contribution in [3.8, 4) is 0 Å². The number of nitrogens with two attached hydrogens (primary N) is 2. The van der Waals surface area contributed by atoms with E-state index in [4.69, 9.17) is 16.2 Å². The molecule has 0 aliphatic rings. The van der Waals surface area contributed by atoms with E-state index in [2.05, 4.69) is 15.0 Å². The fourth-order valence-electron chi connectivity index (χ4n) is 1.44. The van der Waals surface area contributed by atoms with Gasteiger partial charge in [0.05, 0.1) is 19.3 Å². The highest BCUT2D eigenvalue weighted by Crippen LogP contribution is 2.02. The standard InChI is InChI=1S/C9H18N6O2/c1-15(3-6(16)5-17-2)4-7-12-8(10)14-9(11)13-7/h6,16H,3-5H2,1-2H3,(H4,10,11,12,13,14). The van der Waals surface area contributed by atoms with Crippen molar-refractivity contribution in [1.29, 1.82) is 0 Å². The van der Waals surface area contributed by atoms with E-state index < -0.39 is 6.10 Å². The molecule has 8 heteroatoms. The summed E-state index contributed by atoms with van der Waals surface area (Å²) in [5.74, 6) is 0.666. The number of aromatic nitrogens is 3. The van der Waals surface area contributed by atoms with Crippen molar-refractivity contribution in [2.75, 3.05) is 38.8 Å². The maximum absolute atomic E-state index is 9.54. The Morgan fingerprint density at radius 1 is 1.29 bits per heavy atom. The molecule has 1 aromatic rings. The molecule has 0 aliphatic heterocycles. The van der Waals surface area contributed by atoms with Crippen molar-refractivity contribution in [1.82, 2.24) is 19.9 Å². The van der Waals surface area contributed by atoms with Crippen LogP contribution in [-0.4, -0.2) is 58.4 Å². The van der Waals surface area contributed by atoms with Gasteiger partial charge in [-0.15, -0.1) is 0 Å². The molecule has 17 heavy (non-hydrogen) atoms. The second-order valence-corrected chi connectivity index (χ2v) is 3.77. The summed E-state index contributed by atoms with van der Waals surface area (Å²) in [7, 11) is 3.37. The van der Waals surface area contributed by atoms with Crippen LogP contribution < -0.4 is 11.5 Å². The van der Waals surface area contributed by atoms with Gasteiger partial charge in [-0.05, 0) is 7.05 Å². The molecule has 8 nitrogen and oxygen atoms in total. The Kier molecular flexibility index (Phi) is 5.01. The largest absolute Gasteiger partial charge is 0.389 e. The minimum absolute atomic E-state index is 0.0957. The molecule has 0 bridgehead atoms. The van der Waals surface area contributed by atoms with Crippen LogP contribution in [0.3, 0.4) is 0 Å². The van der Waals surface area contributed by atoms with Gasteiger partial charge < -0.3 is 21.3 Å². The third-order valence-corrected chi connectivity index (χ3v) is 2.01. The first-order valence-corrected chi connectivity index (χ1v) is 5.12. The maximum atomic E-state index is 9.54. The Balaban J connectivity index is 2.52. The van der Waals surface area contributed by atoms with E-state index in [1.807, 2.05) is 11.9 Å². The van der Waals surface area contributed by atoms with Crippen LogP contribution in [-0.2, 0) is 11.3 Å². The first-order valence-electron chi connectivity index (χ1n) is 5.12. The zero-order valence-electron chi connectivity index (χ0n) is 10.00. The fourth-order valence-corrected chi connectivity index (χ4v) is 1.44. The van der Waals surface area contributed by atoms with Crippen LogP contribution in [0.15, 0.2) is 0 Å². The molecule has 96 valence electrons. The Hall–Kier alpha value is -1.51. The first kappa shape index (κ1) is 13.6. The quantitative estimate of drug-likeness (QED) is 0.549. The molecule has 0 aromatic carbocycles. The van der Waals surface area contributed by atoms with E-state index in [0.717, 1.165) is 0 Å². The van der Waals surface area contributed by atoms with Gasteiger partial charge >= 0.3 is 0 Å². The van der Waals surface area contributed by atoms with Crippen LogP contribution in [0.4, 0.5) is 11.9 Å². The van der Waals surface area contributed by atoms with Crippen LogP contribution in [0.2, 0.25) is 0 Å². The lowest BCUT2D eigenvalue weighted by Crippen LogP contribution is -2.32. The lowest BCUT2D eigenvalue weighted by molar-refractivity contribution is 0.0414. The van der Waals surface area contributed by atoms with Gasteiger partial charge in [0.25, 0.3) is 0 Å². The number of aliphatic hydroxyl groups is 1. The van der Waals surface area contributed by atoms with E-state index >= 15 is 0 Å². The molecule has 0 aliphatic carbocycles. The summed E-state index contributed by atoms with van der Waals surface area (Å²) >= 11 is 0. The Morgan fingerprint density at radius 3 is 2.41 bits per heavy atom. The Bertz CT molecular complexity index is 341. The average Bonchev–Trinajstić information content (AvgIpc) is 2.14. The van der Waals surface area contributed by atoms with Crippen LogP contribution in [0.25, 0.3) is 0 Å². The minimum Gasteiger partial charge on any atom is -0.389 e. The highest BCUT2D eigenvalue weighted by Gasteiger charge is 2.10. The number of aliphatic hydroxyl groups excluding tert-OH is 1. The van der Waals surface area contributed by atoms with Crippen molar-refractivity contribution in [3.05, 3.63) is 5.82 Å². The van der Waals surface area contributed by atoms with E-state index in [1.165, 1.54) is 7.11 Å². The molecule has 1 unspecified atom stereocenters. The minimum atomic E-state index is -0.554. The summed E-state index contributed by atoms with van der Waals surface area (Å²) in [4.78, 5) is 13.4. The van der Waals surface area contributed by atoms with Gasteiger partial charge in [-0.3, -0.25) is 4.90 Å². The molecule has 0 spiro atoms. The molecule has 0 saturated carbocycles. The fraction of sp³-hybridized carbons (Fsp3) is 0.667. The Labute approximate surface area is 99.6 Å². The lowest BCUT2D eigenvalue weighted by atomic mass is 10.3. The van der Waals surface area contributed by atoms with E-state index in [0.29, 0.717) is 18.9 Å². The number of methoxy groups -OCH3 is 1. The molecule has 1 rings (SSSR count). The Morgan fingerprint density at radius 2 is 1.88 bits per heavy atom. The van der Waals surface area contributed by atoms with Crippen molar-refractivity contribution in [2.45, 2.75) is 12.6 Å². The molecule has 0 amide bonds. The van der Waals surface area contributed by atoms with E-state index in [-0.39, 0.29) is 18.5 Å². The summed E-state index contributed by atoms with van der Waals surface area (Å²) in [6.07, 6.45) is -0.554. The second kappa shape index (κ2) is 6.28. The smallest absolute Gasteiger partial charge is 0.225 e. The molecule has 5 N–H and O–H groups in total. The van der Waals surface area contributed by atoms with Crippen molar-refractivity contribution < 1.29 is 9.84 Å². The van der Waals surface area contributed by atoms with E-state index in [1.54, 1.807) is 0 Å². The van der Waals surface area contributed by atoms with Crippen molar-refractivity contribution in [2.24, 2.45) is 0 Å². The molecule has 0 radical (unpaired) electrons. The number of likely N-dealkylation sites (N-methyl/N-ethyl adjacent to an activating group) is 1. The number of anilines is 2. The third kappa shape index (κ3) is 4.89. The van der Waals surface area contributed by atoms with Gasteiger partial charge in [0.2, 0.25) is 11.9 Å². The molecule has 1 atom stereocenters. The van der Waals surface area contributed by atoms with Crippen LogP contribution in [0.1, 0.15) is 5.82 Å². The van der Waals surface area contributed by atoms with Gasteiger partial charge in [-0.1, -0.05) is 0 Å². The van der Waals surface area contributed by atoms with Gasteiger partial charge in [0, 0.05) is 13.7 Å². The number of ether oxygens (including phenoxy) is 1. The SMILES string of the molecule is COCC(O)CN(C)Cc1nc(N)nc(N)n1. The van der Waals surface area contributed by atoms with Crippen molar-refractivity contribution >= 4 is 11.9 Å². The molecule has 0 fully saturated rings. The zero-order chi connectivity index (χ0) is 12.8. The van der Waals surface area contributed by atoms with Crippen LogP contribution in [0, 0.1) is 0 Å². The molecule has 1 aromatic heterocycles. The molecule has 0 saturated heterocycles. The van der Waals surface area contributed by atoms with Gasteiger partial charge in [-0.2, -0.15) is 15.0 Å². The molecular formula is C9H18N6O2. The average molecular weight is 242 g/mol. The first-order chi connectivity index (χ1) is 8.01. The normalized spacial score (nSPS) is 12.9. The van der Waals surface area contributed by atoms with Crippen LogP contribution >= 0.6 is 0 Å². The number of hydrogen-bond acceptors (Lipinski definition) is 8. The summed E-state index contributed by atoms with van der Waals surface area (Å²) in [5.41, 5.74) is 10.9. The predicted octanol–water partition coefficient (Wildman–Crippen LogP) is -1.52. The monoisotopic (exact) mass is 242 g/mol. The second-order valence-electron chi connectivity index (χ2n) is 3.77. The number of hydrogen-bond donors (Lipinski definition) is 3. The van der Waals surface area contributed by atoms with Gasteiger partial charge in [0.1, 0.15) is 5.82 Å². The molecular weight excluding hydrogens is 224 g/mol. The number of nitrogen functional groups attached to an aromatic ring is 2. The summed E-state index contributed by atoms with van der Waals surface area (Å²) in [6.45, 7) is 1.16. The summed E-state index contributed by atoms with van der Waals surface area (Å²) in [5, 5.41) is 9.54. The summed E-state index contributed by atoms with van der Waals surface area (Å²) < 4.78 is 4.84. The third-order valence-electron chi connectivity index (χ3n) is 2.01. The van der Waals surface area contributed by atoms with Crippen LogP contribution in [0.5, 0.6) is 0 Å². The van der Waals surface area contributed by atoms with Gasteiger partial charge in [0.15, 0.2) is 0 Å².